The van der Waals surface area contributed by atoms with Crippen molar-refractivity contribution in [1.82, 2.24) is 5.32 Å². The van der Waals surface area contributed by atoms with Crippen LogP contribution >= 0.6 is 0 Å². The molecule has 0 radical (unpaired) electrons. The van der Waals surface area contributed by atoms with E-state index in [4.69, 9.17) is 5.26 Å². The molecule has 6 heteroatoms. The van der Waals surface area contributed by atoms with E-state index in [1.54, 1.807) is 12.1 Å². The quantitative estimate of drug-likeness (QED) is 0.463. The van der Waals surface area contributed by atoms with Crippen LogP contribution in [-0.4, -0.2) is 17.4 Å². The summed E-state index contributed by atoms with van der Waals surface area (Å²) in [5, 5.41) is 22.1. The number of nitro benzene ring substituents is 1. The second-order valence-corrected chi connectivity index (χ2v) is 6.49. The number of rotatable bonds is 7. The number of nitriles is 1. The van der Waals surface area contributed by atoms with Crippen LogP contribution in [0.4, 0.5) is 5.69 Å². The highest BCUT2D eigenvalue weighted by atomic mass is 16.6. The van der Waals surface area contributed by atoms with Gasteiger partial charge in [-0.2, -0.15) is 5.26 Å². The van der Waals surface area contributed by atoms with Crippen LogP contribution in [0, 0.1) is 27.4 Å². The van der Waals surface area contributed by atoms with Crippen molar-refractivity contribution < 1.29 is 9.72 Å². The molecule has 1 unspecified atom stereocenters. The standard InChI is InChI=1S/C20H21N3O3/c1-14(2)12-19(20(24)22-11-10-21)17-5-3-4-16(13-17)15-6-8-18(9-7-15)23(25)26/h3-9,13-14,19H,11-12H2,1-2H3,(H,22,24). The third-order valence-electron chi connectivity index (χ3n) is 4.07. The molecular weight excluding hydrogens is 330 g/mol. The molecule has 1 amide bonds. The summed E-state index contributed by atoms with van der Waals surface area (Å²) >= 11 is 0. The molecule has 0 fully saturated rings. The maximum atomic E-state index is 12.5. The highest BCUT2D eigenvalue weighted by molar-refractivity contribution is 5.84. The van der Waals surface area contributed by atoms with Crippen LogP contribution in [0.5, 0.6) is 0 Å². The number of nitrogens with zero attached hydrogens (tertiary/aromatic N) is 2. The summed E-state index contributed by atoms with van der Waals surface area (Å²) in [5.74, 6) is -0.196. The smallest absolute Gasteiger partial charge is 0.269 e. The minimum absolute atomic E-state index is 0.0184. The molecule has 2 aromatic rings. The van der Waals surface area contributed by atoms with Crippen molar-refractivity contribution in [1.29, 1.82) is 5.26 Å². The second-order valence-electron chi connectivity index (χ2n) is 6.49. The first-order valence-corrected chi connectivity index (χ1v) is 8.41. The van der Waals surface area contributed by atoms with Gasteiger partial charge in [-0.05, 0) is 41.2 Å². The van der Waals surface area contributed by atoms with Gasteiger partial charge >= 0.3 is 0 Å². The molecule has 0 bridgehead atoms. The Bertz CT molecular complexity index is 823. The highest BCUT2D eigenvalue weighted by Crippen LogP contribution is 2.29. The predicted octanol–water partition coefficient (Wildman–Crippen LogP) is 4.03. The zero-order valence-corrected chi connectivity index (χ0v) is 14.8. The molecule has 2 aromatic carbocycles. The van der Waals surface area contributed by atoms with Gasteiger partial charge in [0.2, 0.25) is 5.91 Å². The molecule has 0 heterocycles. The van der Waals surface area contributed by atoms with Crippen LogP contribution in [0.1, 0.15) is 31.7 Å². The monoisotopic (exact) mass is 351 g/mol. The molecule has 0 aromatic heterocycles. The van der Waals surface area contributed by atoms with Crippen molar-refractivity contribution in [2.45, 2.75) is 26.2 Å². The largest absolute Gasteiger partial charge is 0.342 e. The van der Waals surface area contributed by atoms with E-state index in [9.17, 15) is 14.9 Å². The summed E-state index contributed by atoms with van der Waals surface area (Å²) in [7, 11) is 0. The summed E-state index contributed by atoms with van der Waals surface area (Å²) in [4.78, 5) is 22.8. The van der Waals surface area contributed by atoms with Crippen molar-refractivity contribution in [3.05, 3.63) is 64.2 Å². The number of nitrogens with one attached hydrogen (secondary N) is 1. The average Bonchev–Trinajstić information content (AvgIpc) is 2.64. The summed E-state index contributed by atoms with van der Waals surface area (Å²) in [6.45, 7) is 4.07. The van der Waals surface area contributed by atoms with Crippen LogP contribution in [-0.2, 0) is 4.79 Å². The first-order valence-electron chi connectivity index (χ1n) is 8.41. The normalized spacial score (nSPS) is 11.6. The number of hydrogen-bond donors (Lipinski definition) is 1. The van der Waals surface area contributed by atoms with E-state index in [0.717, 1.165) is 16.7 Å². The lowest BCUT2D eigenvalue weighted by Gasteiger charge is -2.19. The van der Waals surface area contributed by atoms with Crippen LogP contribution in [0.2, 0.25) is 0 Å². The predicted molar refractivity (Wildman–Crippen MR) is 99.4 cm³/mol. The third kappa shape index (κ3) is 4.90. The molecule has 1 N–H and O–H groups in total. The minimum atomic E-state index is -0.432. The molecular formula is C20H21N3O3. The van der Waals surface area contributed by atoms with Crippen molar-refractivity contribution in [2.24, 2.45) is 5.92 Å². The van der Waals surface area contributed by atoms with Gasteiger partial charge in [-0.15, -0.1) is 0 Å². The third-order valence-corrected chi connectivity index (χ3v) is 4.07. The van der Waals surface area contributed by atoms with E-state index in [1.165, 1.54) is 12.1 Å². The van der Waals surface area contributed by atoms with Crippen LogP contribution in [0.15, 0.2) is 48.5 Å². The lowest BCUT2D eigenvalue weighted by atomic mass is 9.88. The lowest BCUT2D eigenvalue weighted by molar-refractivity contribution is -0.384. The van der Waals surface area contributed by atoms with Gasteiger partial charge in [-0.25, -0.2) is 0 Å². The first-order chi connectivity index (χ1) is 12.4. The average molecular weight is 351 g/mol. The molecule has 1 atom stereocenters. The number of non-ortho nitro benzene ring substituents is 1. The number of carbonyl (C=O) groups is 1. The first kappa shape index (κ1) is 19.1. The molecule has 0 aliphatic carbocycles. The second kappa shape index (κ2) is 8.77. The summed E-state index contributed by atoms with van der Waals surface area (Å²) in [6, 6.07) is 15.9. The Balaban J connectivity index is 2.33. The van der Waals surface area contributed by atoms with Crippen LogP contribution in [0.25, 0.3) is 11.1 Å². The Morgan fingerprint density at radius 1 is 1.19 bits per heavy atom. The van der Waals surface area contributed by atoms with Gasteiger partial charge in [0.15, 0.2) is 0 Å². The number of nitro groups is 1. The van der Waals surface area contributed by atoms with Gasteiger partial charge in [-0.1, -0.05) is 38.1 Å². The number of amides is 1. The number of benzene rings is 2. The Morgan fingerprint density at radius 3 is 2.46 bits per heavy atom. The van der Waals surface area contributed by atoms with E-state index < -0.39 is 4.92 Å². The Labute approximate surface area is 152 Å². The van der Waals surface area contributed by atoms with Crippen LogP contribution < -0.4 is 5.32 Å². The maximum Gasteiger partial charge on any atom is 0.269 e. The Morgan fingerprint density at radius 2 is 1.88 bits per heavy atom. The molecule has 26 heavy (non-hydrogen) atoms. The number of carbonyl (C=O) groups excluding carboxylic acids is 1. The van der Waals surface area contributed by atoms with Crippen molar-refractivity contribution in [3.63, 3.8) is 0 Å². The van der Waals surface area contributed by atoms with Gasteiger partial charge in [0.1, 0.15) is 6.54 Å². The van der Waals surface area contributed by atoms with Gasteiger partial charge in [-0.3, -0.25) is 14.9 Å². The van der Waals surface area contributed by atoms with E-state index in [1.807, 2.05) is 44.2 Å². The van der Waals surface area contributed by atoms with Gasteiger partial charge in [0.25, 0.3) is 5.69 Å². The van der Waals surface area contributed by atoms with Crippen LogP contribution in [0.3, 0.4) is 0 Å². The fourth-order valence-electron chi connectivity index (χ4n) is 2.83. The van der Waals surface area contributed by atoms with E-state index >= 15 is 0 Å². The fourth-order valence-corrected chi connectivity index (χ4v) is 2.83. The van der Waals surface area contributed by atoms with E-state index in [2.05, 4.69) is 5.32 Å². The van der Waals surface area contributed by atoms with Gasteiger partial charge in [0.05, 0.1) is 16.9 Å². The zero-order valence-electron chi connectivity index (χ0n) is 14.8. The summed E-state index contributed by atoms with van der Waals surface area (Å²) in [5.41, 5.74) is 2.64. The van der Waals surface area contributed by atoms with Crippen molar-refractivity contribution >= 4 is 11.6 Å². The van der Waals surface area contributed by atoms with Crippen molar-refractivity contribution in [2.75, 3.05) is 6.54 Å². The van der Waals surface area contributed by atoms with Gasteiger partial charge < -0.3 is 5.32 Å². The maximum absolute atomic E-state index is 12.5. The van der Waals surface area contributed by atoms with Gasteiger partial charge in [0, 0.05) is 12.1 Å². The fraction of sp³-hybridized carbons (Fsp3) is 0.300. The SMILES string of the molecule is CC(C)CC(C(=O)NCC#N)c1cccc(-c2ccc([N+](=O)[O-])cc2)c1. The van der Waals surface area contributed by atoms with Crippen molar-refractivity contribution in [3.8, 4) is 17.2 Å². The summed E-state index contributed by atoms with van der Waals surface area (Å²) < 4.78 is 0. The molecule has 0 aliphatic heterocycles. The highest BCUT2D eigenvalue weighted by Gasteiger charge is 2.22. The van der Waals surface area contributed by atoms with E-state index in [-0.39, 0.29) is 24.1 Å². The lowest BCUT2D eigenvalue weighted by Crippen LogP contribution is -2.30. The molecule has 6 nitrogen and oxygen atoms in total. The molecule has 0 spiro atoms. The molecule has 0 saturated carbocycles. The molecule has 2 rings (SSSR count). The molecule has 134 valence electrons. The zero-order chi connectivity index (χ0) is 19.1. The topological polar surface area (TPSA) is 96.0 Å². The molecule has 0 aliphatic rings. The molecule has 0 saturated heterocycles. The minimum Gasteiger partial charge on any atom is -0.342 e. The van der Waals surface area contributed by atoms with E-state index in [0.29, 0.717) is 12.3 Å². The summed E-state index contributed by atoms with van der Waals surface area (Å²) in [6.07, 6.45) is 0.668. The Hall–Kier alpha value is -3.20. The number of hydrogen-bond acceptors (Lipinski definition) is 4. The Kier molecular flexibility index (Phi) is 6.45.